The molecule has 1 unspecified atom stereocenters. The molecule has 0 bridgehead atoms. The van der Waals surface area contributed by atoms with E-state index in [0.717, 1.165) is 25.3 Å². The van der Waals surface area contributed by atoms with Gasteiger partial charge in [-0.1, -0.05) is 0 Å². The molecule has 1 aliphatic heterocycles. The van der Waals surface area contributed by atoms with Gasteiger partial charge in [0.25, 0.3) is 0 Å². The first-order valence-corrected chi connectivity index (χ1v) is 7.56. The highest BCUT2D eigenvalue weighted by molar-refractivity contribution is 5.40. The predicted octanol–water partition coefficient (Wildman–Crippen LogP) is 2.49. The van der Waals surface area contributed by atoms with Crippen LogP contribution in [0.4, 0.5) is 19.0 Å². The second-order valence-electron chi connectivity index (χ2n) is 5.55. The van der Waals surface area contributed by atoms with Crippen LogP contribution in [-0.4, -0.2) is 39.0 Å². The summed E-state index contributed by atoms with van der Waals surface area (Å²) in [7, 11) is 1.56. The van der Waals surface area contributed by atoms with Crippen LogP contribution in [-0.2, 0) is 17.5 Å². The number of hydrogen-bond acceptors (Lipinski definition) is 6. The average Bonchev–Trinajstić information content (AvgIpc) is 3.03. The van der Waals surface area contributed by atoms with E-state index >= 15 is 0 Å². The van der Waals surface area contributed by atoms with E-state index < -0.39 is 11.9 Å². The van der Waals surface area contributed by atoms with Crippen molar-refractivity contribution in [1.29, 1.82) is 0 Å². The second kappa shape index (κ2) is 6.71. The zero-order valence-corrected chi connectivity index (χ0v) is 13.0. The van der Waals surface area contributed by atoms with E-state index in [2.05, 4.69) is 25.4 Å². The molecule has 3 heterocycles. The van der Waals surface area contributed by atoms with Crippen molar-refractivity contribution in [3.05, 3.63) is 29.5 Å². The van der Waals surface area contributed by atoms with Crippen LogP contribution in [0.3, 0.4) is 0 Å². The van der Waals surface area contributed by atoms with Crippen LogP contribution < -0.4 is 4.90 Å². The molecule has 24 heavy (non-hydrogen) atoms. The number of methoxy groups -OCH3 is 1. The van der Waals surface area contributed by atoms with Gasteiger partial charge in [0.15, 0.2) is 23.2 Å². The number of anilines is 1. The van der Waals surface area contributed by atoms with Crippen LogP contribution in [0.25, 0.3) is 0 Å². The third-order valence-electron chi connectivity index (χ3n) is 3.87. The quantitative estimate of drug-likeness (QED) is 0.920. The smallest absolute Gasteiger partial charge is 0.377 e. The number of hydrogen-bond donors (Lipinski definition) is 1. The van der Waals surface area contributed by atoms with Crippen LogP contribution in [0.15, 0.2) is 12.1 Å². The van der Waals surface area contributed by atoms with E-state index in [0.29, 0.717) is 30.6 Å². The van der Waals surface area contributed by atoms with Gasteiger partial charge in [-0.2, -0.15) is 18.3 Å². The van der Waals surface area contributed by atoms with Gasteiger partial charge in [-0.3, -0.25) is 5.10 Å². The number of piperidine rings is 1. The van der Waals surface area contributed by atoms with Gasteiger partial charge >= 0.3 is 6.18 Å². The molecular weight excluding hydrogens is 325 g/mol. The molecule has 3 rings (SSSR count). The molecular formula is C14H17F3N6O. The van der Waals surface area contributed by atoms with Crippen LogP contribution in [0.5, 0.6) is 0 Å². The highest BCUT2D eigenvalue weighted by Gasteiger charge is 2.34. The van der Waals surface area contributed by atoms with E-state index in [9.17, 15) is 13.2 Å². The molecule has 1 aliphatic rings. The minimum Gasteiger partial charge on any atom is -0.377 e. The number of H-pyrrole nitrogens is 1. The normalized spacial score (nSPS) is 18.8. The molecule has 2 aromatic heterocycles. The van der Waals surface area contributed by atoms with Crippen LogP contribution in [0, 0.1) is 0 Å². The Bertz CT molecular complexity index is 672. The molecule has 0 spiro atoms. The van der Waals surface area contributed by atoms with Gasteiger partial charge in [0, 0.05) is 13.7 Å². The summed E-state index contributed by atoms with van der Waals surface area (Å²) < 4.78 is 42.9. The lowest BCUT2D eigenvalue weighted by Crippen LogP contribution is -2.35. The highest BCUT2D eigenvalue weighted by Crippen LogP contribution is 2.33. The van der Waals surface area contributed by atoms with Crippen molar-refractivity contribution in [2.75, 3.05) is 18.6 Å². The van der Waals surface area contributed by atoms with Gasteiger partial charge in [0.1, 0.15) is 6.61 Å². The summed E-state index contributed by atoms with van der Waals surface area (Å²) in [4.78, 5) is 6.29. The van der Waals surface area contributed by atoms with Crippen molar-refractivity contribution in [2.24, 2.45) is 0 Å². The fraction of sp³-hybridized carbons (Fsp3) is 0.571. The number of nitrogens with one attached hydrogen (secondary N) is 1. The molecule has 1 saturated heterocycles. The Hall–Kier alpha value is -2.23. The predicted molar refractivity (Wildman–Crippen MR) is 78.1 cm³/mol. The van der Waals surface area contributed by atoms with Crippen LogP contribution in [0.2, 0.25) is 0 Å². The van der Waals surface area contributed by atoms with E-state index in [1.807, 2.05) is 4.90 Å². The lowest BCUT2D eigenvalue weighted by molar-refractivity contribution is -0.141. The Kier molecular flexibility index (Phi) is 4.65. The number of ether oxygens (including phenoxy) is 1. The van der Waals surface area contributed by atoms with Crippen LogP contribution >= 0.6 is 0 Å². The second-order valence-corrected chi connectivity index (χ2v) is 5.55. The zero-order chi connectivity index (χ0) is 17.2. The molecule has 10 heteroatoms. The van der Waals surface area contributed by atoms with Gasteiger partial charge in [0.2, 0.25) is 0 Å². The lowest BCUT2D eigenvalue weighted by Gasteiger charge is -2.34. The van der Waals surface area contributed by atoms with E-state index in [-0.39, 0.29) is 6.04 Å². The maximum Gasteiger partial charge on any atom is 0.435 e. The first-order valence-electron chi connectivity index (χ1n) is 7.56. The van der Waals surface area contributed by atoms with Crippen molar-refractivity contribution in [1.82, 2.24) is 25.4 Å². The monoisotopic (exact) mass is 342 g/mol. The summed E-state index contributed by atoms with van der Waals surface area (Å²) in [6.45, 7) is 0.985. The van der Waals surface area contributed by atoms with Crippen molar-refractivity contribution in [3.63, 3.8) is 0 Å². The topological polar surface area (TPSA) is 79.8 Å². The molecule has 0 radical (unpaired) electrons. The third kappa shape index (κ3) is 3.48. The minimum absolute atomic E-state index is 0.147. The molecule has 0 aliphatic carbocycles. The number of nitrogens with zero attached hydrogens (tertiary/aromatic N) is 5. The molecule has 0 aromatic carbocycles. The Morgan fingerprint density at radius 2 is 2.12 bits per heavy atom. The Labute approximate surface area is 136 Å². The number of alkyl halides is 3. The van der Waals surface area contributed by atoms with Gasteiger partial charge in [-0.05, 0) is 31.4 Å². The zero-order valence-electron chi connectivity index (χ0n) is 13.0. The fourth-order valence-electron chi connectivity index (χ4n) is 2.76. The summed E-state index contributed by atoms with van der Waals surface area (Å²) in [6, 6.07) is 2.14. The summed E-state index contributed by atoms with van der Waals surface area (Å²) in [6.07, 6.45) is -1.78. The van der Waals surface area contributed by atoms with Gasteiger partial charge in [-0.15, -0.1) is 10.2 Å². The molecule has 1 fully saturated rings. The fourth-order valence-corrected chi connectivity index (χ4v) is 2.76. The largest absolute Gasteiger partial charge is 0.435 e. The summed E-state index contributed by atoms with van der Waals surface area (Å²) in [5, 5.41) is 14.1. The number of rotatable bonds is 4. The molecule has 1 atom stereocenters. The van der Waals surface area contributed by atoms with Crippen LogP contribution in [0.1, 0.15) is 42.6 Å². The molecule has 2 aromatic rings. The van der Waals surface area contributed by atoms with Crippen molar-refractivity contribution in [3.8, 4) is 0 Å². The maximum absolute atomic E-state index is 12.6. The van der Waals surface area contributed by atoms with E-state index in [4.69, 9.17) is 4.74 Å². The van der Waals surface area contributed by atoms with Gasteiger partial charge in [0.05, 0.1) is 6.04 Å². The molecule has 0 saturated carbocycles. The molecule has 130 valence electrons. The van der Waals surface area contributed by atoms with E-state index in [1.165, 1.54) is 6.07 Å². The highest BCUT2D eigenvalue weighted by atomic mass is 19.4. The standard InChI is InChI=1S/C14H17F3N6O/c1-24-8-11-18-13(22-20-11)9-4-2-3-7-23(9)12-6-5-10(19-21-12)14(15,16)17/h5-6,9H,2-4,7-8H2,1H3,(H,18,20,22). The lowest BCUT2D eigenvalue weighted by atomic mass is 10.0. The first kappa shape index (κ1) is 16.6. The van der Waals surface area contributed by atoms with Crippen molar-refractivity contribution in [2.45, 2.75) is 38.1 Å². The van der Waals surface area contributed by atoms with E-state index in [1.54, 1.807) is 7.11 Å². The number of aromatic amines is 1. The Balaban J connectivity index is 1.83. The summed E-state index contributed by atoms with van der Waals surface area (Å²) >= 11 is 0. The Morgan fingerprint density at radius 1 is 1.29 bits per heavy atom. The molecule has 7 nitrogen and oxygen atoms in total. The molecule has 0 amide bonds. The third-order valence-corrected chi connectivity index (χ3v) is 3.87. The Morgan fingerprint density at radius 3 is 2.79 bits per heavy atom. The first-order chi connectivity index (χ1) is 11.5. The van der Waals surface area contributed by atoms with Crippen molar-refractivity contribution < 1.29 is 17.9 Å². The van der Waals surface area contributed by atoms with Gasteiger partial charge < -0.3 is 9.64 Å². The maximum atomic E-state index is 12.6. The SMILES string of the molecule is COCc1nc(C2CCCCN2c2ccc(C(F)(F)F)nn2)n[nH]1. The average molecular weight is 342 g/mol. The minimum atomic E-state index is -4.49. The summed E-state index contributed by atoms with van der Waals surface area (Å²) in [5.74, 6) is 1.59. The number of halogens is 3. The molecule has 1 N–H and O–H groups in total. The number of aromatic nitrogens is 5. The van der Waals surface area contributed by atoms with Gasteiger partial charge in [-0.25, -0.2) is 4.98 Å². The summed E-state index contributed by atoms with van der Waals surface area (Å²) in [5.41, 5.74) is -1.000. The van der Waals surface area contributed by atoms with Crippen molar-refractivity contribution >= 4 is 5.82 Å².